The molecule has 1 saturated heterocycles. The second-order valence-electron chi connectivity index (χ2n) is 6.08. The molecule has 0 radical (unpaired) electrons. The maximum absolute atomic E-state index is 12.3. The Balaban J connectivity index is 1.46. The number of carbonyl (C=O) groups is 2. The highest BCUT2D eigenvalue weighted by atomic mass is 32.2. The van der Waals surface area contributed by atoms with Crippen LogP contribution in [0.2, 0.25) is 0 Å². The molecule has 0 aromatic carbocycles. The van der Waals surface area contributed by atoms with Crippen LogP contribution >= 0.6 is 23.1 Å². The van der Waals surface area contributed by atoms with Crippen molar-refractivity contribution in [2.45, 2.75) is 24.2 Å². The third-order valence-electron chi connectivity index (χ3n) is 4.19. The third-order valence-corrected chi connectivity index (χ3v) is 6.11. The highest BCUT2D eigenvalue weighted by Gasteiger charge is 2.31. The summed E-state index contributed by atoms with van der Waals surface area (Å²) in [4.78, 5) is 32.1. The lowest BCUT2D eigenvalue weighted by Gasteiger charge is -2.34. The summed E-state index contributed by atoms with van der Waals surface area (Å²) in [5.74, 6) is 0.584. The molecule has 2 N–H and O–H groups in total. The Bertz CT molecular complexity index is 731. The number of thiophene rings is 1. The molecule has 7 nitrogen and oxygen atoms in total. The van der Waals surface area contributed by atoms with Crippen LogP contribution in [-0.2, 0) is 23.2 Å². The number of nitrogens with zero attached hydrogens (tertiary/aromatic N) is 3. The van der Waals surface area contributed by atoms with Gasteiger partial charge in [-0.3, -0.25) is 14.5 Å². The molecule has 9 heteroatoms. The third kappa shape index (κ3) is 5.09. The van der Waals surface area contributed by atoms with E-state index in [9.17, 15) is 9.59 Å². The van der Waals surface area contributed by atoms with E-state index in [0.29, 0.717) is 19.6 Å². The van der Waals surface area contributed by atoms with E-state index in [1.165, 1.54) is 4.88 Å². The predicted molar refractivity (Wildman–Crippen MR) is 103 cm³/mol. The van der Waals surface area contributed by atoms with E-state index in [-0.39, 0.29) is 18.2 Å². The zero-order valence-corrected chi connectivity index (χ0v) is 16.3. The first-order chi connectivity index (χ1) is 12.6. The van der Waals surface area contributed by atoms with Gasteiger partial charge in [0.05, 0.1) is 12.5 Å². The van der Waals surface area contributed by atoms with Gasteiger partial charge in [-0.15, -0.1) is 11.3 Å². The smallest absolute Gasteiger partial charge is 0.237 e. The van der Waals surface area contributed by atoms with E-state index in [2.05, 4.69) is 26.6 Å². The Hall–Kier alpha value is -1.84. The van der Waals surface area contributed by atoms with Gasteiger partial charge in [-0.1, -0.05) is 17.8 Å². The maximum atomic E-state index is 12.3. The molecule has 3 heterocycles. The molecular weight excluding hydrogens is 370 g/mol. The zero-order valence-electron chi connectivity index (χ0n) is 14.7. The maximum Gasteiger partial charge on any atom is 0.237 e. The van der Waals surface area contributed by atoms with Crippen molar-refractivity contribution < 1.29 is 9.59 Å². The average molecular weight is 394 g/mol. The first-order valence-corrected chi connectivity index (χ1v) is 10.4. The van der Waals surface area contributed by atoms with E-state index in [0.717, 1.165) is 17.5 Å². The van der Waals surface area contributed by atoms with E-state index < -0.39 is 6.04 Å². The minimum Gasteiger partial charge on any atom is -0.355 e. The van der Waals surface area contributed by atoms with Crippen LogP contribution in [0.4, 0.5) is 0 Å². The normalized spacial score (nSPS) is 17.9. The summed E-state index contributed by atoms with van der Waals surface area (Å²) < 4.78 is 1.95. The van der Waals surface area contributed by atoms with Crippen molar-refractivity contribution in [2.24, 2.45) is 7.05 Å². The summed E-state index contributed by atoms with van der Waals surface area (Å²) in [7, 11) is 1.94. The fourth-order valence-corrected chi connectivity index (χ4v) is 4.36. The van der Waals surface area contributed by atoms with Gasteiger partial charge in [0.2, 0.25) is 11.8 Å². The molecule has 1 fully saturated rings. The Labute approximate surface area is 161 Å². The first kappa shape index (κ1) is 18.9. The minimum atomic E-state index is -0.409. The number of hydrogen-bond acceptors (Lipinski definition) is 6. The highest BCUT2D eigenvalue weighted by Crippen LogP contribution is 2.17. The van der Waals surface area contributed by atoms with Crippen molar-refractivity contribution in [3.05, 3.63) is 34.8 Å². The molecule has 2 amide bonds. The summed E-state index contributed by atoms with van der Waals surface area (Å²) in [5, 5.41) is 8.73. The molecule has 0 bridgehead atoms. The van der Waals surface area contributed by atoms with Gasteiger partial charge in [-0.05, 0) is 11.4 Å². The summed E-state index contributed by atoms with van der Waals surface area (Å²) in [6.45, 7) is 2.65. The van der Waals surface area contributed by atoms with E-state index >= 15 is 0 Å². The standard InChI is InChI=1S/C17H23N5O2S2/c1-21-7-4-20-17(21)26-10-6-18-15(23)11-14-16(24)19-5-8-22(14)12-13-3-2-9-25-13/h2-4,7,9,14H,5-6,8,10-12H2,1H3,(H,18,23)(H,19,24). The second-order valence-corrected chi connectivity index (χ2v) is 8.17. The lowest BCUT2D eigenvalue weighted by Crippen LogP contribution is -2.56. The van der Waals surface area contributed by atoms with Gasteiger partial charge in [0.15, 0.2) is 5.16 Å². The summed E-state index contributed by atoms with van der Waals surface area (Å²) in [5.41, 5.74) is 0. The molecule has 1 aliphatic heterocycles. The van der Waals surface area contributed by atoms with Crippen molar-refractivity contribution >= 4 is 34.9 Å². The van der Waals surface area contributed by atoms with Crippen molar-refractivity contribution in [3.63, 3.8) is 0 Å². The Kier molecular flexibility index (Phi) is 6.70. The van der Waals surface area contributed by atoms with Crippen molar-refractivity contribution in [3.8, 4) is 0 Å². The van der Waals surface area contributed by atoms with Crippen LogP contribution in [-0.4, -0.2) is 57.7 Å². The van der Waals surface area contributed by atoms with E-state index in [4.69, 9.17) is 0 Å². The van der Waals surface area contributed by atoms with Gasteiger partial charge < -0.3 is 15.2 Å². The van der Waals surface area contributed by atoms with Crippen molar-refractivity contribution in [2.75, 3.05) is 25.4 Å². The number of piperazine rings is 1. The molecule has 3 rings (SSSR count). The zero-order chi connectivity index (χ0) is 18.4. The summed E-state index contributed by atoms with van der Waals surface area (Å²) in [6, 6.07) is 3.65. The van der Waals surface area contributed by atoms with Gasteiger partial charge in [-0.2, -0.15) is 0 Å². The molecular formula is C17H23N5O2S2. The van der Waals surface area contributed by atoms with Crippen LogP contribution in [0.25, 0.3) is 0 Å². The number of aromatic nitrogens is 2. The monoisotopic (exact) mass is 393 g/mol. The van der Waals surface area contributed by atoms with Crippen LogP contribution in [0.3, 0.4) is 0 Å². The van der Waals surface area contributed by atoms with Crippen LogP contribution in [0.1, 0.15) is 11.3 Å². The highest BCUT2D eigenvalue weighted by molar-refractivity contribution is 7.99. The molecule has 2 aromatic rings. The number of thioether (sulfide) groups is 1. The van der Waals surface area contributed by atoms with Gasteiger partial charge in [0.1, 0.15) is 0 Å². The molecule has 0 aliphatic carbocycles. The lowest BCUT2D eigenvalue weighted by molar-refractivity contribution is -0.134. The van der Waals surface area contributed by atoms with Crippen LogP contribution in [0.5, 0.6) is 0 Å². The largest absolute Gasteiger partial charge is 0.355 e. The summed E-state index contributed by atoms with van der Waals surface area (Å²) in [6.07, 6.45) is 3.83. The summed E-state index contributed by atoms with van der Waals surface area (Å²) >= 11 is 3.27. The number of hydrogen-bond donors (Lipinski definition) is 2. The molecule has 26 heavy (non-hydrogen) atoms. The number of rotatable bonds is 8. The molecule has 0 spiro atoms. The number of nitrogens with one attached hydrogen (secondary N) is 2. The van der Waals surface area contributed by atoms with E-state index in [1.807, 2.05) is 29.3 Å². The van der Waals surface area contributed by atoms with Gasteiger partial charge in [0.25, 0.3) is 0 Å². The molecule has 2 aromatic heterocycles. The molecule has 1 atom stereocenters. The quantitative estimate of drug-likeness (QED) is 0.518. The Morgan fingerprint density at radius 1 is 1.54 bits per heavy atom. The number of imidazole rings is 1. The number of aryl methyl sites for hydroxylation is 1. The molecule has 1 unspecified atom stereocenters. The first-order valence-electron chi connectivity index (χ1n) is 8.54. The average Bonchev–Trinajstić information content (AvgIpc) is 3.27. The van der Waals surface area contributed by atoms with Crippen LogP contribution in [0, 0.1) is 0 Å². The van der Waals surface area contributed by atoms with Crippen LogP contribution < -0.4 is 10.6 Å². The molecule has 140 valence electrons. The number of carbonyl (C=O) groups excluding carboxylic acids is 2. The van der Waals surface area contributed by atoms with Crippen molar-refractivity contribution in [1.29, 1.82) is 0 Å². The minimum absolute atomic E-state index is 0.0645. The Morgan fingerprint density at radius 2 is 2.42 bits per heavy atom. The topological polar surface area (TPSA) is 79.3 Å². The predicted octanol–water partition coefficient (Wildman–Crippen LogP) is 1.08. The van der Waals surface area contributed by atoms with Crippen LogP contribution in [0.15, 0.2) is 35.1 Å². The van der Waals surface area contributed by atoms with Gasteiger partial charge >= 0.3 is 0 Å². The van der Waals surface area contributed by atoms with Gasteiger partial charge in [-0.25, -0.2) is 4.98 Å². The molecule has 0 saturated carbocycles. The molecule has 1 aliphatic rings. The van der Waals surface area contributed by atoms with Gasteiger partial charge in [0, 0.05) is 56.3 Å². The van der Waals surface area contributed by atoms with E-state index in [1.54, 1.807) is 29.3 Å². The number of amides is 2. The Morgan fingerprint density at radius 3 is 3.15 bits per heavy atom. The second kappa shape index (κ2) is 9.20. The fourth-order valence-electron chi connectivity index (χ4n) is 2.85. The SMILES string of the molecule is Cn1ccnc1SCCNC(=O)CC1C(=O)NCCN1Cc1cccs1. The lowest BCUT2D eigenvalue weighted by atomic mass is 10.1. The van der Waals surface area contributed by atoms with Crippen molar-refractivity contribution in [1.82, 2.24) is 25.1 Å². The fraction of sp³-hybridized carbons (Fsp3) is 0.471.